The minimum atomic E-state index is 0.666. The van der Waals surface area contributed by atoms with Gasteiger partial charge >= 0.3 is 0 Å². The van der Waals surface area contributed by atoms with Crippen LogP contribution < -0.4 is 5.32 Å². The number of para-hydroxylation sites is 1. The lowest BCUT2D eigenvalue weighted by atomic mass is 10.3. The number of imidazole rings is 1. The summed E-state index contributed by atoms with van der Waals surface area (Å²) in [6.07, 6.45) is 5.50. The van der Waals surface area contributed by atoms with Gasteiger partial charge in [0.05, 0.1) is 24.1 Å². The highest BCUT2D eigenvalue weighted by Crippen LogP contribution is 2.04. The molecule has 1 aromatic carbocycles. The Morgan fingerprint density at radius 1 is 1.15 bits per heavy atom. The predicted molar refractivity (Wildman–Crippen MR) is 75.1 cm³/mol. The maximum atomic E-state index is 4.44. The first-order chi connectivity index (χ1) is 9.83. The molecule has 0 aliphatic heterocycles. The first kappa shape index (κ1) is 12.6. The molecule has 0 unspecified atom stereocenters. The van der Waals surface area contributed by atoms with Crippen molar-refractivity contribution in [3.8, 4) is 5.69 Å². The van der Waals surface area contributed by atoms with E-state index < -0.39 is 0 Å². The van der Waals surface area contributed by atoms with E-state index in [1.165, 1.54) is 0 Å². The number of nitrogens with one attached hydrogen (secondary N) is 1. The fourth-order valence-electron chi connectivity index (χ4n) is 1.93. The molecule has 2 aromatic heterocycles. The molecule has 0 saturated heterocycles. The van der Waals surface area contributed by atoms with Crippen molar-refractivity contribution in [1.82, 2.24) is 29.9 Å². The summed E-state index contributed by atoms with van der Waals surface area (Å²) in [7, 11) is 1.98. The van der Waals surface area contributed by atoms with Gasteiger partial charge in [-0.25, -0.2) is 4.98 Å². The topological polar surface area (TPSA) is 60.6 Å². The normalized spacial score (nSPS) is 10.8. The van der Waals surface area contributed by atoms with E-state index in [0.717, 1.165) is 17.2 Å². The standard InChI is InChI=1S/C14H16N6/c1-19-8-7-16-14(19)11-15-9-12-10-17-20(18-12)13-5-3-2-4-6-13/h2-8,10,15H,9,11H2,1H3. The van der Waals surface area contributed by atoms with Crippen LogP contribution in [0.25, 0.3) is 5.69 Å². The Hall–Kier alpha value is -2.47. The van der Waals surface area contributed by atoms with Gasteiger partial charge < -0.3 is 9.88 Å². The smallest absolute Gasteiger partial charge is 0.122 e. The summed E-state index contributed by atoms with van der Waals surface area (Å²) in [5.41, 5.74) is 1.87. The third-order valence-electron chi connectivity index (χ3n) is 3.04. The Kier molecular flexibility index (Phi) is 3.56. The number of hydrogen-bond donors (Lipinski definition) is 1. The Balaban J connectivity index is 1.59. The maximum absolute atomic E-state index is 4.44. The average molecular weight is 268 g/mol. The second kappa shape index (κ2) is 5.66. The van der Waals surface area contributed by atoms with E-state index in [9.17, 15) is 0 Å². The van der Waals surface area contributed by atoms with Crippen molar-refractivity contribution in [3.05, 3.63) is 60.4 Å². The van der Waals surface area contributed by atoms with Crippen molar-refractivity contribution >= 4 is 0 Å². The number of benzene rings is 1. The molecule has 0 spiro atoms. The number of aromatic nitrogens is 5. The van der Waals surface area contributed by atoms with Crippen molar-refractivity contribution in [1.29, 1.82) is 0 Å². The molecule has 6 nitrogen and oxygen atoms in total. The summed E-state index contributed by atoms with van der Waals surface area (Å²) in [5, 5.41) is 12.0. The van der Waals surface area contributed by atoms with E-state index in [1.54, 1.807) is 17.2 Å². The molecule has 1 N–H and O–H groups in total. The first-order valence-electron chi connectivity index (χ1n) is 6.46. The third-order valence-corrected chi connectivity index (χ3v) is 3.04. The van der Waals surface area contributed by atoms with Gasteiger partial charge in [-0.15, -0.1) is 0 Å². The molecule has 20 heavy (non-hydrogen) atoms. The van der Waals surface area contributed by atoms with Gasteiger partial charge in [-0.3, -0.25) is 0 Å². The number of nitrogens with zero attached hydrogens (tertiary/aromatic N) is 5. The first-order valence-corrected chi connectivity index (χ1v) is 6.46. The van der Waals surface area contributed by atoms with E-state index >= 15 is 0 Å². The SMILES string of the molecule is Cn1ccnc1CNCc1cnn(-c2ccccc2)n1. The van der Waals surface area contributed by atoms with Crippen LogP contribution in [0.4, 0.5) is 0 Å². The van der Waals surface area contributed by atoms with E-state index in [4.69, 9.17) is 0 Å². The van der Waals surface area contributed by atoms with Crippen molar-refractivity contribution in [3.63, 3.8) is 0 Å². The third kappa shape index (κ3) is 2.75. The van der Waals surface area contributed by atoms with Crippen LogP contribution in [0.15, 0.2) is 48.9 Å². The fraction of sp³-hybridized carbons (Fsp3) is 0.214. The Bertz CT molecular complexity index is 670. The zero-order valence-corrected chi connectivity index (χ0v) is 11.3. The van der Waals surface area contributed by atoms with Crippen LogP contribution >= 0.6 is 0 Å². The Labute approximate surface area is 117 Å². The number of aryl methyl sites for hydroxylation is 1. The second-order valence-electron chi connectivity index (χ2n) is 4.52. The zero-order valence-electron chi connectivity index (χ0n) is 11.3. The molecule has 0 amide bonds. The van der Waals surface area contributed by atoms with Gasteiger partial charge in [-0.05, 0) is 12.1 Å². The summed E-state index contributed by atoms with van der Waals surface area (Å²) < 4.78 is 1.99. The fourth-order valence-corrected chi connectivity index (χ4v) is 1.93. The van der Waals surface area contributed by atoms with E-state index in [2.05, 4.69) is 20.5 Å². The summed E-state index contributed by atoms with van der Waals surface area (Å²) in [6, 6.07) is 9.87. The molecule has 0 saturated carbocycles. The Morgan fingerprint density at radius 2 is 2.00 bits per heavy atom. The van der Waals surface area contributed by atoms with Crippen molar-refractivity contribution in [2.45, 2.75) is 13.1 Å². The molecule has 0 fully saturated rings. The Morgan fingerprint density at radius 3 is 2.75 bits per heavy atom. The van der Waals surface area contributed by atoms with Gasteiger partial charge in [0.25, 0.3) is 0 Å². The van der Waals surface area contributed by atoms with Crippen molar-refractivity contribution < 1.29 is 0 Å². The van der Waals surface area contributed by atoms with Crippen LogP contribution in [0.5, 0.6) is 0 Å². The molecule has 2 heterocycles. The van der Waals surface area contributed by atoms with Gasteiger partial charge in [0.1, 0.15) is 5.82 Å². The van der Waals surface area contributed by atoms with Gasteiger partial charge in [0.2, 0.25) is 0 Å². The van der Waals surface area contributed by atoms with Crippen LogP contribution in [0.2, 0.25) is 0 Å². The van der Waals surface area contributed by atoms with Gasteiger partial charge in [0, 0.05) is 26.0 Å². The summed E-state index contributed by atoms with van der Waals surface area (Å²) >= 11 is 0. The molecule has 0 radical (unpaired) electrons. The van der Waals surface area contributed by atoms with E-state index in [-0.39, 0.29) is 0 Å². The molecule has 6 heteroatoms. The highest BCUT2D eigenvalue weighted by atomic mass is 15.5. The largest absolute Gasteiger partial charge is 0.337 e. The minimum Gasteiger partial charge on any atom is -0.337 e. The van der Waals surface area contributed by atoms with Crippen molar-refractivity contribution in [2.75, 3.05) is 0 Å². The highest BCUT2D eigenvalue weighted by Gasteiger charge is 2.03. The lowest BCUT2D eigenvalue weighted by Crippen LogP contribution is -2.16. The van der Waals surface area contributed by atoms with Crippen LogP contribution in [0.3, 0.4) is 0 Å². The molecule has 0 aliphatic rings. The monoisotopic (exact) mass is 268 g/mol. The minimum absolute atomic E-state index is 0.666. The lowest BCUT2D eigenvalue weighted by Gasteiger charge is -2.02. The van der Waals surface area contributed by atoms with E-state index in [1.807, 2.05) is 48.1 Å². The van der Waals surface area contributed by atoms with Crippen LogP contribution in [0, 0.1) is 0 Å². The number of hydrogen-bond acceptors (Lipinski definition) is 4. The van der Waals surface area contributed by atoms with Crippen molar-refractivity contribution in [2.24, 2.45) is 7.05 Å². The lowest BCUT2D eigenvalue weighted by molar-refractivity contribution is 0.623. The molecule has 102 valence electrons. The summed E-state index contributed by atoms with van der Waals surface area (Å²) in [6.45, 7) is 1.38. The zero-order chi connectivity index (χ0) is 13.8. The van der Waals surface area contributed by atoms with E-state index in [0.29, 0.717) is 13.1 Å². The molecule has 0 atom stereocenters. The predicted octanol–water partition coefficient (Wildman–Crippen LogP) is 1.29. The van der Waals surface area contributed by atoms with Gasteiger partial charge in [-0.1, -0.05) is 18.2 Å². The molecule has 0 bridgehead atoms. The molecule has 0 aliphatic carbocycles. The molecular formula is C14H16N6. The maximum Gasteiger partial charge on any atom is 0.122 e. The summed E-state index contributed by atoms with van der Waals surface area (Å²) in [4.78, 5) is 5.90. The van der Waals surface area contributed by atoms with Gasteiger partial charge in [0.15, 0.2) is 0 Å². The second-order valence-corrected chi connectivity index (χ2v) is 4.52. The average Bonchev–Trinajstić information content (AvgIpc) is 3.10. The van der Waals surface area contributed by atoms with Crippen LogP contribution in [-0.4, -0.2) is 24.5 Å². The van der Waals surface area contributed by atoms with Crippen LogP contribution in [-0.2, 0) is 20.1 Å². The van der Waals surface area contributed by atoms with Gasteiger partial charge in [-0.2, -0.15) is 15.0 Å². The molecular weight excluding hydrogens is 252 g/mol. The van der Waals surface area contributed by atoms with Crippen LogP contribution in [0.1, 0.15) is 11.5 Å². The number of rotatable bonds is 5. The summed E-state index contributed by atoms with van der Waals surface area (Å²) in [5.74, 6) is 1.00. The molecule has 3 aromatic rings. The molecule has 3 rings (SSSR count). The quantitative estimate of drug-likeness (QED) is 0.757. The highest BCUT2D eigenvalue weighted by molar-refractivity contribution is 5.28.